The Morgan fingerprint density at radius 3 is 2.95 bits per heavy atom. The number of nitrogens with one attached hydrogen (secondary N) is 2. The number of anilines is 1. The van der Waals surface area contributed by atoms with Gasteiger partial charge in [-0.2, -0.15) is 5.26 Å². The molecule has 0 radical (unpaired) electrons. The molecule has 2 N–H and O–H groups in total. The van der Waals surface area contributed by atoms with E-state index in [1.165, 1.54) is 11.9 Å². The highest BCUT2D eigenvalue weighted by Crippen LogP contribution is 2.31. The molecule has 0 bridgehead atoms. The number of hydrogen-bond acceptors (Lipinski definition) is 5. The highest BCUT2D eigenvalue weighted by molar-refractivity contribution is 8.00. The Labute approximate surface area is 120 Å². The third-order valence-electron chi connectivity index (χ3n) is 3.03. The van der Waals surface area contributed by atoms with E-state index in [0.29, 0.717) is 16.5 Å². The van der Waals surface area contributed by atoms with E-state index in [4.69, 9.17) is 9.68 Å². The summed E-state index contributed by atoms with van der Waals surface area (Å²) in [4.78, 5) is 7.19. The van der Waals surface area contributed by atoms with Gasteiger partial charge in [0.05, 0.1) is 23.0 Å². The Morgan fingerprint density at radius 1 is 1.40 bits per heavy atom. The molecule has 20 heavy (non-hydrogen) atoms. The van der Waals surface area contributed by atoms with Gasteiger partial charge in [0.15, 0.2) is 5.89 Å². The zero-order valence-corrected chi connectivity index (χ0v) is 11.8. The maximum absolute atomic E-state index is 9.13. The van der Waals surface area contributed by atoms with Crippen molar-refractivity contribution in [1.82, 2.24) is 9.97 Å². The lowest BCUT2D eigenvalue weighted by Crippen LogP contribution is -1.89. The first-order chi connectivity index (χ1) is 9.69. The SMILES string of the molecule is Cc1ncc(SNc2ccc(C)c3c(C#N)c[nH]c23)o1. The molecule has 1 aromatic carbocycles. The Bertz CT molecular complexity index is 812. The quantitative estimate of drug-likeness (QED) is 0.716. The van der Waals surface area contributed by atoms with Crippen molar-refractivity contribution in [2.24, 2.45) is 0 Å². The van der Waals surface area contributed by atoms with Crippen LogP contribution in [0.5, 0.6) is 0 Å². The van der Waals surface area contributed by atoms with Gasteiger partial charge in [-0.05, 0) is 18.6 Å². The van der Waals surface area contributed by atoms with Crippen molar-refractivity contribution in [2.75, 3.05) is 4.72 Å². The minimum Gasteiger partial charge on any atom is -0.433 e. The fourth-order valence-corrected chi connectivity index (χ4v) is 2.74. The number of fused-ring (bicyclic) bond motifs is 1. The molecule has 0 amide bonds. The smallest absolute Gasteiger partial charge is 0.201 e. The fraction of sp³-hybridized carbons (Fsp3) is 0.143. The normalized spacial score (nSPS) is 10.7. The second kappa shape index (κ2) is 4.94. The molecule has 0 aliphatic heterocycles. The number of rotatable bonds is 3. The predicted octanol–water partition coefficient (Wildman–Crippen LogP) is 3.76. The van der Waals surface area contributed by atoms with E-state index in [0.717, 1.165) is 22.2 Å². The molecule has 0 saturated heterocycles. The predicted molar refractivity (Wildman–Crippen MR) is 78.5 cm³/mol. The molecule has 2 aromatic heterocycles. The first-order valence-corrected chi connectivity index (χ1v) is 6.87. The lowest BCUT2D eigenvalue weighted by Gasteiger charge is -2.06. The van der Waals surface area contributed by atoms with Crippen LogP contribution in [0.3, 0.4) is 0 Å². The summed E-state index contributed by atoms with van der Waals surface area (Å²) in [7, 11) is 0. The fourth-order valence-electron chi connectivity index (χ4n) is 2.09. The summed E-state index contributed by atoms with van der Waals surface area (Å²) < 4.78 is 8.62. The molecule has 0 aliphatic carbocycles. The van der Waals surface area contributed by atoms with Gasteiger partial charge in [-0.25, -0.2) is 4.98 Å². The molecule has 100 valence electrons. The van der Waals surface area contributed by atoms with Gasteiger partial charge in [-0.1, -0.05) is 6.07 Å². The molecule has 6 heteroatoms. The summed E-state index contributed by atoms with van der Waals surface area (Å²) in [6.07, 6.45) is 3.40. The molecule has 0 saturated carbocycles. The van der Waals surface area contributed by atoms with Crippen molar-refractivity contribution >= 4 is 28.5 Å². The maximum atomic E-state index is 9.13. The van der Waals surface area contributed by atoms with E-state index < -0.39 is 0 Å². The largest absolute Gasteiger partial charge is 0.433 e. The molecule has 3 rings (SSSR count). The highest BCUT2D eigenvalue weighted by Gasteiger charge is 2.11. The van der Waals surface area contributed by atoms with Crippen LogP contribution in [0.25, 0.3) is 10.9 Å². The van der Waals surface area contributed by atoms with Crippen molar-refractivity contribution in [3.05, 3.63) is 41.5 Å². The highest BCUT2D eigenvalue weighted by atomic mass is 32.2. The van der Waals surface area contributed by atoms with Gasteiger partial charge >= 0.3 is 0 Å². The van der Waals surface area contributed by atoms with Gasteiger partial charge in [-0.15, -0.1) is 0 Å². The summed E-state index contributed by atoms with van der Waals surface area (Å²) in [5.41, 5.74) is 3.56. The van der Waals surface area contributed by atoms with Crippen LogP contribution in [0.1, 0.15) is 17.0 Å². The number of oxazole rings is 1. The van der Waals surface area contributed by atoms with E-state index in [-0.39, 0.29) is 0 Å². The van der Waals surface area contributed by atoms with Gasteiger partial charge in [0, 0.05) is 30.5 Å². The first kappa shape index (κ1) is 12.6. The number of nitrogens with zero attached hydrogens (tertiary/aromatic N) is 2. The summed E-state index contributed by atoms with van der Waals surface area (Å²) >= 11 is 1.35. The van der Waals surface area contributed by atoms with Crippen molar-refractivity contribution in [3.63, 3.8) is 0 Å². The lowest BCUT2D eigenvalue weighted by molar-refractivity contribution is 0.442. The minimum atomic E-state index is 0.634. The Morgan fingerprint density at radius 2 is 2.25 bits per heavy atom. The van der Waals surface area contributed by atoms with Gasteiger partial charge < -0.3 is 14.1 Å². The van der Waals surface area contributed by atoms with Crippen LogP contribution < -0.4 is 4.72 Å². The standard InChI is InChI=1S/C14H12N4OS/c1-8-3-4-11(14-13(8)10(5-15)6-17-14)18-20-12-7-16-9(2)19-12/h3-4,6-7,17-18H,1-2H3. The van der Waals surface area contributed by atoms with Gasteiger partial charge in [0.2, 0.25) is 5.09 Å². The monoisotopic (exact) mass is 284 g/mol. The summed E-state index contributed by atoms with van der Waals surface area (Å²) in [6.45, 7) is 3.80. The number of nitriles is 1. The maximum Gasteiger partial charge on any atom is 0.201 e. The molecule has 0 atom stereocenters. The minimum absolute atomic E-state index is 0.634. The number of aryl methyl sites for hydroxylation is 2. The third-order valence-corrected chi connectivity index (χ3v) is 3.74. The van der Waals surface area contributed by atoms with Crippen LogP contribution in [-0.2, 0) is 0 Å². The van der Waals surface area contributed by atoms with Crippen LogP contribution in [0, 0.1) is 25.2 Å². The number of H-pyrrole nitrogens is 1. The second-order valence-electron chi connectivity index (χ2n) is 4.40. The molecule has 0 fully saturated rings. The van der Waals surface area contributed by atoms with Crippen molar-refractivity contribution in [2.45, 2.75) is 18.9 Å². The average molecular weight is 284 g/mol. The van der Waals surface area contributed by atoms with E-state index in [1.54, 1.807) is 19.3 Å². The zero-order chi connectivity index (χ0) is 14.1. The van der Waals surface area contributed by atoms with Crippen molar-refractivity contribution in [3.8, 4) is 6.07 Å². The lowest BCUT2D eigenvalue weighted by atomic mass is 10.1. The van der Waals surface area contributed by atoms with Crippen molar-refractivity contribution < 1.29 is 4.42 Å². The molecule has 0 aliphatic rings. The van der Waals surface area contributed by atoms with Crippen LogP contribution >= 0.6 is 11.9 Å². The molecule has 2 heterocycles. The third kappa shape index (κ3) is 2.12. The van der Waals surface area contributed by atoms with Crippen LogP contribution in [0.2, 0.25) is 0 Å². The summed E-state index contributed by atoms with van der Waals surface area (Å²) in [5.74, 6) is 0.634. The second-order valence-corrected chi connectivity index (χ2v) is 5.21. The Hall–Kier alpha value is -2.39. The van der Waals surface area contributed by atoms with E-state index in [2.05, 4.69) is 20.8 Å². The van der Waals surface area contributed by atoms with E-state index >= 15 is 0 Å². The van der Waals surface area contributed by atoms with Crippen LogP contribution in [0.15, 0.2) is 34.0 Å². The van der Waals surface area contributed by atoms with E-state index in [1.807, 2.05) is 19.1 Å². The van der Waals surface area contributed by atoms with Gasteiger partial charge in [-0.3, -0.25) is 0 Å². The zero-order valence-electron chi connectivity index (χ0n) is 11.0. The Balaban J connectivity index is 1.94. The van der Waals surface area contributed by atoms with Crippen molar-refractivity contribution in [1.29, 1.82) is 5.26 Å². The average Bonchev–Trinajstić information content (AvgIpc) is 3.05. The molecular formula is C14H12N4OS. The van der Waals surface area contributed by atoms with Gasteiger partial charge in [0.1, 0.15) is 6.07 Å². The molecule has 0 unspecified atom stereocenters. The van der Waals surface area contributed by atoms with E-state index in [9.17, 15) is 0 Å². The molecule has 5 nitrogen and oxygen atoms in total. The first-order valence-electron chi connectivity index (χ1n) is 6.05. The molecule has 3 aromatic rings. The van der Waals surface area contributed by atoms with Gasteiger partial charge in [0.25, 0.3) is 0 Å². The number of benzene rings is 1. The number of aromatic nitrogens is 2. The molecule has 0 spiro atoms. The van der Waals surface area contributed by atoms with Crippen LogP contribution in [0.4, 0.5) is 5.69 Å². The van der Waals surface area contributed by atoms with Crippen LogP contribution in [-0.4, -0.2) is 9.97 Å². The number of aromatic amines is 1. The topological polar surface area (TPSA) is 77.6 Å². The summed E-state index contributed by atoms with van der Waals surface area (Å²) in [6, 6.07) is 6.17. The molecular weight excluding hydrogens is 272 g/mol. The number of hydrogen-bond donors (Lipinski definition) is 2. The Kier molecular flexibility index (Phi) is 3.12. The summed E-state index contributed by atoms with van der Waals surface area (Å²) in [5, 5.41) is 10.8.